The van der Waals surface area contributed by atoms with Gasteiger partial charge in [-0.1, -0.05) is 13.8 Å². The largest absolute Gasteiger partial charge is 0.368 e. The second-order valence-electron chi connectivity index (χ2n) is 3.79. The Kier molecular flexibility index (Phi) is 5.28. The topological polar surface area (TPSA) is 98.2 Å². The molecule has 0 aliphatic heterocycles. The van der Waals surface area contributed by atoms with Crippen molar-refractivity contribution < 1.29 is 9.59 Å². The van der Waals surface area contributed by atoms with Crippen molar-refractivity contribution >= 4 is 11.8 Å². The molecule has 88 valence electrons. The Morgan fingerprint density at radius 2 is 1.80 bits per heavy atom. The third-order valence-corrected chi connectivity index (χ3v) is 3.00. The van der Waals surface area contributed by atoms with Gasteiger partial charge in [0.05, 0.1) is 5.41 Å². The fourth-order valence-electron chi connectivity index (χ4n) is 1.37. The molecule has 1 unspecified atom stereocenters. The van der Waals surface area contributed by atoms with E-state index >= 15 is 0 Å². The van der Waals surface area contributed by atoms with E-state index in [-0.39, 0.29) is 12.5 Å². The molecule has 0 rings (SSSR count). The summed E-state index contributed by atoms with van der Waals surface area (Å²) in [4.78, 5) is 22.7. The number of carbonyl (C=O) groups is 2. The smallest absolute Gasteiger partial charge is 0.239 e. The van der Waals surface area contributed by atoms with E-state index in [0.717, 1.165) is 0 Å². The van der Waals surface area contributed by atoms with Crippen molar-refractivity contribution in [1.29, 1.82) is 0 Å². The molecule has 0 heterocycles. The van der Waals surface area contributed by atoms with Crippen molar-refractivity contribution in [1.82, 2.24) is 5.32 Å². The first kappa shape index (κ1) is 13.9. The lowest BCUT2D eigenvalue weighted by Gasteiger charge is -2.29. The van der Waals surface area contributed by atoms with Crippen LogP contribution in [0, 0.1) is 5.41 Å². The Bertz CT molecular complexity index is 229. The fourth-order valence-corrected chi connectivity index (χ4v) is 1.37. The van der Waals surface area contributed by atoms with Crippen LogP contribution in [-0.2, 0) is 9.59 Å². The summed E-state index contributed by atoms with van der Waals surface area (Å²) in [6, 6.07) is -0.651. The number of rotatable bonds is 6. The van der Waals surface area contributed by atoms with E-state index in [2.05, 4.69) is 5.32 Å². The lowest BCUT2D eigenvalue weighted by molar-refractivity contribution is -0.134. The Balaban J connectivity index is 4.59. The summed E-state index contributed by atoms with van der Waals surface area (Å²) < 4.78 is 0. The Labute approximate surface area is 90.6 Å². The Morgan fingerprint density at radius 1 is 1.33 bits per heavy atom. The van der Waals surface area contributed by atoms with Gasteiger partial charge in [-0.2, -0.15) is 0 Å². The highest BCUT2D eigenvalue weighted by Crippen LogP contribution is 2.24. The van der Waals surface area contributed by atoms with E-state index in [1.54, 1.807) is 6.92 Å². The normalized spacial score (nSPS) is 13.3. The molecule has 0 aliphatic rings. The van der Waals surface area contributed by atoms with E-state index in [1.165, 1.54) is 0 Å². The van der Waals surface area contributed by atoms with Crippen LogP contribution in [0.4, 0.5) is 0 Å². The molecule has 0 saturated heterocycles. The van der Waals surface area contributed by atoms with Crippen LogP contribution >= 0.6 is 0 Å². The summed E-state index contributed by atoms with van der Waals surface area (Å²) in [5.41, 5.74) is 10.1. The van der Waals surface area contributed by atoms with E-state index in [9.17, 15) is 9.59 Å². The minimum absolute atomic E-state index is 0.193. The van der Waals surface area contributed by atoms with Crippen molar-refractivity contribution in [3.63, 3.8) is 0 Å². The SMILES string of the molecule is CCC(CC)(CN)C(=O)NC(C)C(N)=O. The molecule has 15 heavy (non-hydrogen) atoms. The number of carbonyl (C=O) groups excluding carboxylic acids is 2. The maximum atomic E-state index is 11.9. The quantitative estimate of drug-likeness (QED) is 0.569. The zero-order chi connectivity index (χ0) is 12.1. The van der Waals surface area contributed by atoms with Gasteiger partial charge in [0.1, 0.15) is 6.04 Å². The number of hydrogen-bond acceptors (Lipinski definition) is 3. The van der Waals surface area contributed by atoms with Gasteiger partial charge in [0.15, 0.2) is 0 Å². The Hall–Kier alpha value is -1.10. The van der Waals surface area contributed by atoms with Crippen molar-refractivity contribution in [3.05, 3.63) is 0 Å². The summed E-state index contributed by atoms with van der Waals surface area (Å²) in [6.45, 7) is 5.65. The molecular formula is C10H21N3O2. The summed E-state index contributed by atoms with van der Waals surface area (Å²) in [6.07, 6.45) is 1.30. The number of nitrogens with two attached hydrogens (primary N) is 2. The Morgan fingerprint density at radius 3 is 2.07 bits per heavy atom. The predicted octanol–water partition coefficient (Wildman–Crippen LogP) is -0.258. The monoisotopic (exact) mass is 215 g/mol. The zero-order valence-corrected chi connectivity index (χ0v) is 9.67. The van der Waals surface area contributed by atoms with E-state index in [1.807, 2.05) is 13.8 Å². The first-order chi connectivity index (χ1) is 6.93. The molecule has 0 aliphatic carbocycles. The third kappa shape index (κ3) is 3.20. The maximum absolute atomic E-state index is 11.9. The highest BCUT2D eigenvalue weighted by Gasteiger charge is 2.34. The van der Waals surface area contributed by atoms with Gasteiger partial charge >= 0.3 is 0 Å². The lowest BCUT2D eigenvalue weighted by atomic mass is 9.81. The molecule has 0 aromatic carbocycles. The van der Waals surface area contributed by atoms with Crippen LogP contribution in [0.5, 0.6) is 0 Å². The zero-order valence-electron chi connectivity index (χ0n) is 9.67. The maximum Gasteiger partial charge on any atom is 0.239 e. The lowest BCUT2D eigenvalue weighted by Crippen LogP contribution is -2.51. The minimum atomic E-state index is -0.651. The van der Waals surface area contributed by atoms with Gasteiger partial charge in [-0.15, -0.1) is 0 Å². The molecule has 2 amide bonds. The van der Waals surface area contributed by atoms with Gasteiger partial charge in [0, 0.05) is 6.54 Å². The fraction of sp³-hybridized carbons (Fsp3) is 0.800. The number of nitrogens with one attached hydrogen (secondary N) is 1. The summed E-state index contributed by atoms with van der Waals surface area (Å²) in [5.74, 6) is -0.734. The van der Waals surface area contributed by atoms with Gasteiger partial charge in [-0.05, 0) is 19.8 Å². The molecule has 0 aromatic heterocycles. The summed E-state index contributed by atoms with van der Waals surface area (Å²) >= 11 is 0. The molecule has 0 spiro atoms. The molecule has 5 N–H and O–H groups in total. The number of amides is 2. The molecule has 1 atom stereocenters. The third-order valence-electron chi connectivity index (χ3n) is 3.00. The van der Waals surface area contributed by atoms with Gasteiger partial charge in [0.25, 0.3) is 0 Å². The minimum Gasteiger partial charge on any atom is -0.368 e. The molecule has 0 saturated carbocycles. The highest BCUT2D eigenvalue weighted by molar-refractivity contribution is 5.89. The predicted molar refractivity (Wildman–Crippen MR) is 58.9 cm³/mol. The molecule has 0 radical (unpaired) electrons. The number of primary amides is 1. The van der Waals surface area contributed by atoms with E-state index < -0.39 is 17.4 Å². The van der Waals surface area contributed by atoms with Crippen molar-refractivity contribution in [2.24, 2.45) is 16.9 Å². The molecule has 0 bridgehead atoms. The first-order valence-electron chi connectivity index (χ1n) is 5.23. The second-order valence-corrected chi connectivity index (χ2v) is 3.79. The summed E-state index contributed by atoms with van der Waals surface area (Å²) in [7, 11) is 0. The molecule has 5 heteroatoms. The second kappa shape index (κ2) is 5.70. The molecule has 0 aromatic rings. The molecule has 5 nitrogen and oxygen atoms in total. The van der Waals surface area contributed by atoms with Crippen molar-refractivity contribution in [3.8, 4) is 0 Å². The van der Waals surface area contributed by atoms with E-state index in [4.69, 9.17) is 11.5 Å². The van der Waals surface area contributed by atoms with E-state index in [0.29, 0.717) is 12.8 Å². The van der Waals surface area contributed by atoms with Crippen LogP contribution in [0.25, 0.3) is 0 Å². The standard InChI is InChI=1S/C10H21N3O2/c1-4-10(5-2,6-11)9(15)13-7(3)8(12)14/h7H,4-6,11H2,1-3H3,(H2,12,14)(H,13,15). The van der Waals surface area contributed by atoms with Crippen LogP contribution in [0.3, 0.4) is 0 Å². The van der Waals surface area contributed by atoms with Crippen LogP contribution in [-0.4, -0.2) is 24.4 Å². The average Bonchev–Trinajstić information content (AvgIpc) is 2.21. The molecular weight excluding hydrogens is 194 g/mol. The number of hydrogen-bond donors (Lipinski definition) is 3. The van der Waals surface area contributed by atoms with Gasteiger partial charge in [0.2, 0.25) is 11.8 Å². The van der Waals surface area contributed by atoms with Crippen LogP contribution < -0.4 is 16.8 Å². The van der Waals surface area contributed by atoms with Crippen molar-refractivity contribution in [2.75, 3.05) is 6.54 Å². The van der Waals surface area contributed by atoms with Crippen molar-refractivity contribution in [2.45, 2.75) is 39.7 Å². The molecule has 0 fully saturated rings. The van der Waals surface area contributed by atoms with Gasteiger partial charge in [-0.25, -0.2) is 0 Å². The van der Waals surface area contributed by atoms with Gasteiger partial charge in [-0.3, -0.25) is 9.59 Å². The highest BCUT2D eigenvalue weighted by atomic mass is 16.2. The van der Waals surface area contributed by atoms with Crippen LogP contribution in [0.2, 0.25) is 0 Å². The first-order valence-corrected chi connectivity index (χ1v) is 5.23. The summed E-state index contributed by atoms with van der Waals surface area (Å²) in [5, 5.41) is 2.58. The van der Waals surface area contributed by atoms with Crippen LogP contribution in [0.15, 0.2) is 0 Å². The van der Waals surface area contributed by atoms with Crippen LogP contribution in [0.1, 0.15) is 33.6 Å². The van der Waals surface area contributed by atoms with Gasteiger partial charge < -0.3 is 16.8 Å². The average molecular weight is 215 g/mol.